The molecule has 4 aromatic heterocycles. The van der Waals surface area contributed by atoms with Gasteiger partial charge in [-0.3, -0.25) is 28.8 Å². The van der Waals surface area contributed by atoms with Crippen LogP contribution in [0.2, 0.25) is 0 Å². The van der Waals surface area contributed by atoms with Gasteiger partial charge < -0.3 is 60.5 Å². The Morgan fingerprint density at radius 3 is 1.29 bits per heavy atom. The van der Waals surface area contributed by atoms with Gasteiger partial charge in [0, 0.05) is 47.7 Å². The molecule has 0 fully saturated rings. The Morgan fingerprint density at radius 2 is 0.889 bits per heavy atom. The SMILES string of the molecule is COc1cc(C(=O)c2c(C)c(NC(=O)c3ccccc3OCC(=O)NCCNC(=O)COc3ccccc3C(=O)Nc3c(C)c(C(=O)c4ccc(N)c(OC)c4)n4ccccc34)c3ccccn23)ccc1N. The van der Waals surface area contributed by atoms with Crippen LogP contribution in [-0.2, 0) is 9.59 Å². The molecule has 72 heavy (non-hydrogen) atoms. The molecule has 366 valence electrons. The number of carbonyl (C=O) groups is 6. The van der Waals surface area contributed by atoms with E-state index in [4.69, 9.17) is 30.4 Å². The number of nitrogens with two attached hydrogens (primary N) is 2. The van der Waals surface area contributed by atoms with E-state index < -0.39 is 36.8 Å². The Hall–Kier alpha value is -9.58. The van der Waals surface area contributed by atoms with Crippen molar-refractivity contribution in [2.75, 3.05) is 62.6 Å². The first-order chi connectivity index (χ1) is 34.8. The number of nitrogen functional groups attached to an aromatic ring is 2. The van der Waals surface area contributed by atoms with Crippen molar-refractivity contribution in [2.45, 2.75) is 13.8 Å². The van der Waals surface area contributed by atoms with E-state index in [-0.39, 0.29) is 47.3 Å². The Morgan fingerprint density at radius 1 is 0.500 bits per heavy atom. The Balaban J connectivity index is 0.835. The van der Waals surface area contributed by atoms with Gasteiger partial charge in [0.2, 0.25) is 11.6 Å². The number of aromatic nitrogens is 2. The number of benzene rings is 4. The Labute approximate surface area is 412 Å². The lowest BCUT2D eigenvalue weighted by Crippen LogP contribution is -2.38. The number of rotatable bonds is 19. The Kier molecular flexibility index (Phi) is 14.5. The number of methoxy groups -OCH3 is 2. The molecule has 4 aromatic carbocycles. The second-order valence-corrected chi connectivity index (χ2v) is 16.4. The van der Waals surface area contributed by atoms with E-state index in [9.17, 15) is 28.8 Å². The molecular weight excluding hydrogens is 921 g/mol. The van der Waals surface area contributed by atoms with Crippen LogP contribution in [0.1, 0.15) is 63.9 Å². The van der Waals surface area contributed by atoms with Crippen LogP contribution >= 0.6 is 0 Å². The lowest BCUT2D eigenvalue weighted by atomic mass is 10.0. The number of ketones is 2. The van der Waals surface area contributed by atoms with Gasteiger partial charge >= 0.3 is 0 Å². The predicted molar refractivity (Wildman–Crippen MR) is 272 cm³/mol. The fourth-order valence-corrected chi connectivity index (χ4v) is 8.23. The van der Waals surface area contributed by atoms with Gasteiger partial charge in [-0.25, -0.2) is 0 Å². The van der Waals surface area contributed by atoms with Crippen LogP contribution in [0.25, 0.3) is 11.0 Å². The lowest BCUT2D eigenvalue weighted by molar-refractivity contribution is -0.124. The zero-order valence-corrected chi connectivity index (χ0v) is 39.7. The number of anilines is 4. The third-order valence-electron chi connectivity index (χ3n) is 11.8. The fourth-order valence-electron chi connectivity index (χ4n) is 8.23. The quantitative estimate of drug-likeness (QED) is 0.0283. The van der Waals surface area contributed by atoms with Crippen LogP contribution in [0.5, 0.6) is 23.0 Å². The van der Waals surface area contributed by atoms with E-state index in [2.05, 4.69) is 21.3 Å². The molecular formula is C54H50N8O10. The molecule has 18 heteroatoms. The highest BCUT2D eigenvalue weighted by atomic mass is 16.5. The van der Waals surface area contributed by atoms with Gasteiger partial charge in [0.15, 0.2) is 13.2 Å². The van der Waals surface area contributed by atoms with Crippen molar-refractivity contribution >= 4 is 69.0 Å². The molecule has 8 aromatic rings. The van der Waals surface area contributed by atoms with Crippen molar-refractivity contribution in [1.82, 2.24) is 19.4 Å². The monoisotopic (exact) mass is 970 g/mol. The van der Waals surface area contributed by atoms with Crippen molar-refractivity contribution in [2.24, 2.45) is 0 Å². The summed E-state index contributed by atoms with van der Waals surface area (Å²) in [6.07, 6.45) is 3.47. The maximum absolute atomic E-state index is 13.9. The van der Waals surface area contributed by atoms with Crippen molar-refractivity contribution in [3.8, 4) is 23.0 Å². The van der Waals surface area contributed by atoms with Gasteiger partial charge in [-0.15, -0.1) is 0 Å². The summed E-state index contributed by atoms with van der Waals surface area (Å²) in [5.74, 6) is -1.69. The fraction of sp³-hybridized carbons (Fsp3) is 0.148. The van der Waals surface area contributed by atoms with Gasteiger partial charge in [0.1, 0.15) is 23.0 Å². The molecule has 8 N–H and O–H groups in total. The molecule has 0 atom stereocenters. The Bertz CT molecular complexity index is 3210. The minimum Gasteiger partial charge on any atom is -0.495 e. The average molecular weight is 971 g/mol. The van der Waals surface area contributed by atoms with Crippen LogP contribution in [0, 0.1) is 13.8 Å². The summed E-state index contributed by atoms with van der Waals surface area (Å²) in [6, 6.07) is 33.1. The van der Waals surface area contributed by atoms with Gasteiger partial charge in [-0.1, -0.05) is 36.4 Å². The molecule has 0 aliphatic heterocycles. The molecule has 0 aliphatic carbocycles. The van der Waals surface area contributed by atoms with Crippen LogP contribution in [0.4, 0.5) is 22.7 Å². The third-order valence-corrected chi connectivity index (χ3v) is 11.8. The highest BCUT2D eigenvalue weighted by molar-refractivity contribution is 6.16. The van der Waals surface area contributed by atoms with E-state index in [1.807, 2.05) is 0 Å². The summed E-state index contributed by atoms with van der Waals surface area (Å²) in [6.45, 7) is 2.69. The first-order valence-corrected chi connectivity index (χ1v) is 22.5. The minimum absolute atomic E-state index is 0.0433. The zero-order valence-electron chi connectivity index (χ0n) is 39.7. The lowest BCUT2D eigenvalue weighted by Gasteiger charge is -2.13. The summed E-state index contributed by atoms with van der Waals surface area (Å²) >= 11 is 0. The van der Waals surface area contributed by atoms with Crippen molar-refractivity contribution in [3.63, 3.8) is 0 Å². The predicted octanol–water partition coefficient (Wildman–Crippen LogP) is 6.65. The van der Waals surface area contributed by atoms with Crippen LogP contribution in [0.15, 0.2) is 134 Å². The van der Waals surface area contributed by atoms with Gasteiger partial charge in [-0.2, -0.15) is 0 Å². The number of para-hydroxylation sites is 2. The summed E-state index contributed by atoms with van der Waals surface area (Å²) in [5.41, 5.74) is 17.5. The highest BCUT2D eigenvalue weighted by Gasteiger charge is 2.27. The number of nitrogens with one attached hydrogen (secondary N) is 4. The summed E-state index contributed by atoms with van der Waals surface area (Å²) in [7, 11) is 2.93. The van der Waals surface area contributed by atoms with Crippen molar-refractivity contribution in [3.05, 3.63) is 178 Å². The van der Waals surface area contributed by atoms with Gasteiger partial charge in [0.25, 0.3) is 23.6 Å². The van der Waals surface area contributed by atoms with Crippen LogP contribution < -0.4 is 51.7 Å². The molecule has 0 unspecified atom stereocenters. The summed E-state index contributed by atoms with van der Waals surface area (Å²) < 4.78 is 25.7. The highest BCUT2D eigenvalue weighted by Crippen LogP contribution is 2.35. The number of fused-ring (bicyclic) bond motifs is 2. The van der Waals surface area contributed by atoms with Crippen molar-refractivity contribution < 1.29 is 47.7 Å². The largest absolute Gasteiger partial charge is 0.495 e. The van der Waals surface area contributed by atoms with Crippen LogP contribution in [0.3, 0.4) is 0 Å². The number of nitrogens with zero attached hydrogens (tertiary/aromatic N) is 2. The van der Waals surface area contributed by atoms with Gasteiger partial charge in [0.05, 0.1) is 70.5 Å². The number of ether oxygens (including phenoxy) is 4. The first kappa shape index (κ1) is 48.9. The molecule has 8 rings (SSSR count). The first-order valence-electron chi connectivity index (χ1n) is 22.5. The average Bonchev–Trinajstić information content (AvgIpc) is 3.83. The molecule has 4 amide bonds. The minimum atomic E-state index is -0.531. The molecule has 0 aliphatic rings. The standard InChI is InChI=1S/C54H50N8O10/c1-31-47(39-15-9-11-25-61(39)49(31)51(65)33-19-21-37(55)43(27-33)69-3)59-53(67)35-13-5-7-17-41(35)71-29-45(63)57-23-24-58-46(64)30-72-42-18-8-6-14-36(42)54(68)60-48-32(2)50(62-26-12-10-16-40(48)62)52(66)34-20-22-38(56)44(28-34)70-4/h5-22,25-28H,23-24,29-30,55-56H2,1-4H3,(H,57,63)(H,58,64)(H,59,67)(H,60,68). The van der Waals surface area contributed by atoms with Crippen LogP contribution in [-0.4, -0.2) is 84.5 Å². The van der Waals surface area contributed by atoms with E-state index in [1.165, 1.54) is 14.2 Å². The van der Waals surface area contributed by atoms with Crippen molar-refractivity contribution in [1.29, 1.82) is 0 Å². The molecule has 0 spiro atoms. The molecule has 18 nitrogen and oxygen atoms in total. The summed E-state index contributed by atoms with van der Waals surface area (Å²) in [4.78, 5) is 81.1. The topological polar surface area (TPSA) is 248 Å². The zero-order chi connectivity index (χ0) is 51.1. The second kappa shape index (κ2) is 21.4. The molecule has 0 saturated heterocycles. The third kappa shape index (κ3) is 10.1. The van der Waals surface area contributed by atoms with Gasteiger partial charge in [-0.05, 0) is 98.8 Å². The molecule has 0 bridgehead atoms. The number of hydrogen-bond acceptors (Lipinski definition) is 12. The number of carbonyl (C=O) groups excluding carboxylic acids is 6. The van der Waals surface area contributed by atoms with E-state index >= 15 is 0 Å². The number of amides is 4. The van der Waals surface area contributed by atoms with E-state index in [0.717, 1.165) is 0 Å². The maximum atomic E-state index is 13.9. The second-order valence-electron chi connectivity index (χ2n) is 16.4. The summed E-state index contributed by atoms with van der Waals surface area (Å²) in [5, 5.41) is 11.2. The normalized spacial score (nSPS) is 10.9. The molecule has 0 saturated carbocycles. The smallest absolute Gasteiger partial charge is 0.259 e. The maximum Gasteiger partial charge on any atom is 0.259 e. The number of pyridine rings is 2. The molecule has 4 heterocycles. The molecule has 0 radical (unpaired) electrons. The van der Waals surface area contributed by atoms with E-state index in [1.54, 1.807) is 156 Å². The number of hydrogen-bond donors (Lipinski definition) is 6. The van der Waals surface area contributed by atoms with E-state index in [0.29, 0.717) is 78.9 Å².